The van der Waals surface area contributed by atoms with Gasteiger partial charge >= 0.3 is 0 Å². The molecule has 3 aliphatic carbocycles. The maximum Gasteiger partial charge on any atom is 0.252 e. The Morgan fingerprint density at radius 2 is 0.827 bits per heavy atom. The Bertz CT molecular complexity index is 3410. The van der Waals surface area contributed by atoms with E-state index in [4.69, 9.17) is 0 Å². The summed E-state index contributed by atoms with van der Waals surface area (Å²) < 4.78 is 0. The van der Waals surface area contributed by atoms with Crippen molar-refractivity contribution in [3.8, 4) is 0 Å². The van der Waals surface area contributed by atoms with Gasteiger partial charge in [0.25, 0.3) is 6.71 Å². The van der Waals surface area contributed by atoms with Crippen molar-refractivity contribution in [2.24, 2.45) is 0 Å². The first-order chi connectivity index (χ1) is 35.2. The largest absolute Gasteiger partial charge is 0.311 e. The fourth-order valence-corrected chi connectivity index (χ4v) is 14.4. The average Bonchev–Trinajstić information content (AvgIpc) is 3.36. The van der Waals surface area contributed by atoms with E-state index in [0.29, 0.717) is 0 Å². The summed E-state index contributed by atoms with van der Waals surface area (Å²) in [6, 6.07) is 53.0. The number of hydrogen-bond acceptors (Lipinski definition) is 3. The van der Waals surface area contributed by atoms with Crippen LogP contribution in [0.4, 0.5) is 51.2 Å². The number of benzene rings is 7. The van der Waals surface area contributed by atoms with Crippen LogP contribution in [-0.2, 0) is 37.9 Å². The van der Waals surface area contributed by atoms with Gasteiger partial charge in [-0.2, -0.15) is 0 Å². The summed E-state index contributed by atoms with van der Waals surface area (Å²) in [7, 11) is 0. The van der Waals surface area contributed by atoms with Crippen LogP contribution >= 0.6 is 0 Å². The van der Waals surface area contributed by atoms with E-state index in [2.05, 4.69) is 259 Å². The predicted molar refractivity (Wildman–Crippen MR) is 324 cm³/mol. The van der Waals surface area contributed by atoms with E-state index in [0.717, 1.165) is 36.3 Å². The van der Waals surface area contributed by atoms with Crippen molar-refractivity contribution in [3.63, 3.8) is 0 Å². The number of para-hydroxylation sites is 2. The van der Waals surface area contributed by atoms with Crippen molar-refractivity contribution >= 4 is 74.3 Å². The molecule has 0 aromatic heterocycles. The summed E-state index contributed by atoms with van der Waals surface area (Å²) in [5.74, 6) is 0. The molecule has 2 heterocycles. The van der Waals surface area contributed by atoms with Gasteiger partial charge in [0.2, 0.25) is 0 Å². The Kier molecular flexibility index (Phi) is 11.0. The molecule has 0 spiro atoms. The minimum Gasteiger partial charge on any atom is -0.311 e. The molecule has 12 rings (SSSR count). The van der Waals surface area contributed by atoms with Gasteiger partial charge < -0.3 is 14.7 Å². The maximum atomic E-state index is 2.73. The third-order valence-corrected chi connectivity index (χ3v) is 19.7. The highest BCUT2D eigenvalue weighted by Gasteiger charge is 2.49. The van der Waals surface area contributed by atoms with E-state index in [1.165, 1.54) is 114 Å². The Balaban J connectivity index is 1.26. The number of rotatable bonds is 5. The lowest BCUT2D eigenvalue weighted by molar-refractivity contribution is 0.332. The van der Waals surface area contributed by atoms with Gasteiger partial charge in [0.1, 0.15) is 0 Å². The first-order valence-corrected chi connectivity index (χ1v) is 28.5. The second-order valence-corrected chi connectivity index (χ2v) is 28.7. The molecule has 2 aliphatic heterocycles. The molecule has 0 atom stereocenters. The van der Waals surface area contributed by atoms with Gasteiger partial charge in [0.05, 0.1) is 5.69 Å². The smallest absolute Gasteiger partial charge is 0.252 e. The molecule has 384 valence electrons. The Labute approximate surface area is 451 Å². The second-order valence-electron chi connectivity index (χ2n) is 28.7. The molecule has 0 unspecified atom stereocenters. The number of anilines is 9. The van der Waals surface area contributed by atoms with E-state index in [1.54, 1.807) is 0 Å². The second kappa shape index (κ2) is 16.5. The van der Waals surface area contributed by atoms with Gasteiger partial charge in [-0.3, -0.25) is 0 Å². The molecule has 75 heavy (non-hydrogen) atoms. The Morgan fingerprint density at radius 1 is 0.387 bits per heavy atom. The van der Waals surface area contributed by atoms with Crippen molar-refractivity contribution in [1.29, 1.82) is 0 Å². The highest BCUT2D eigenvalue weighted by Crippen LogP contribution is 2.56. The third kappa shape index (κ3) is 7.79. The van der Waals surface area contributed by atoms with E-state index < -0.39 is 0 Å². The molecule has 0 fully saturated rings. The SMILES string of the molecule is Cc1cc2c(cc1N1c3cc(C(C)(C)C)ccc3B3c4cc5c(cc4N(c4ccc6c(c4)C(C)(C)CCC6(C)C)c4cc(N(c6ccccc6)c6ccccc6)cc1c43)C(C)(C)CCC5(C)C)C(C)(C)CCC2(C)C. The fraction of sp³-hybridized carbons (Fsp3) is 0.408. The summed E-state index contributed by atoms with van der Waals surface area (Å²) in [6.07, 6.45) is 7.02. The van der Waals surface area contributed by atoms with Crippen molar-refractivity contribution < 1.29 is 0 Å². The molecule has 0 bridgehead atoms. The van der Waals surface area contributed by atoms with E-state index in [-0.39, 0.29) is 44.6 Å². The molecular weight excluding hydrogens is 906 g/mol. The van der Waals surface area contributed by atoms with E-state index in [9.17, 15) is 0 Å². The quantitative estimate of drug-likeness (QED) is 0.159. The zero-order valence-electron chi connectivity index (χ0n) is 48.4. The van der Waals surface area contributed by atoms with Crippen molar-refractivity contribution in [3.05, 3.63) is 178 Å². The predicted octanol–water partition coefficient (Wildman–Crippen LogP) is 17.9. The van der Waals surface area contributed by atoms with Crippen LogP contribution in [0.25, 0.3) is 0 Å². The average molecular weight is 988 g/mol. The van der Waals surface area contributed by atoms with Gasteiger partial charge in [-0.05, 0) is 211 Å². The first-order valence-electron chi connectivity index (χ1n) is 28.5. The normalized spacial score (nSPS) is 19.7. The molecular formula is C71H82BN3. The molecule has 0 radical (unpaired) electrons. The highest BCUT2D eigenvalue weighted by molar-refractivity contribution is 7.00. The monoisotopic (exact) mass is 988 g/mol. The minimum atomic E-state index is -0.0624. The summed E-state index contributed by atoms with van der Waals surface area (Å²) in [6.45, 7) is 39.3. The summed E-state index contributed by atoms with van der Waals surface area (Å²) in [4.78, 5) is 7.97. The Hall–Kier alpha value is -6.00. The minimum absolute atomic E-state index is 0.00934. The van der Waals surface area contributed by atoms with E-state index >= 15 is 0 Å². The molecule has 0 saturated heterocycles. The van der Waals surface area contributed by atoms with Crippen LogP contribution in [0.15, 0.2) is 133 Å². The van der Waals surface area contributed by atoms with Crippen molar-refractivity contribution in [2.75, 3.05) is 14.7 Å². The standard InChI is InChI=1S/C71H82BN3/c1-45-37-52-55(70(13,14)35-33-67(52,7)8)43-59(45)75-60-38-46(65(2,3)4)27-30-57(60)72-58-42-54-56(71(15,16)36-34-69(54,11)12)44-61(58)74(49-28-29-51-53(39-49)68(9,10)32-31-66(51,5)6)62-40-50(41-63(75)64(62)72)73(47-23-19-17-20-24-47)48-25-21-18-22-26-48/h17-30,37-44H,31-36H2,1-16H3. The summed E-state index contributed by atoms with van der Waals surface area (Å²) in [5.41, 5.74) is 27.1. The third-order valence-electron chi connectivity index (χ3n) is 19.7. The Morgan fingerprint density at radius 3 is 1.35 bits per heavy atom. The van der Waals surface area contributed by atoms with E-state index in [1.807, 2.05) is 0 Å². The lowest BCUT2D eigenvalue weighted by Crippen LogP contribution is -2.62. The number of nitrogens with zero attached hydrogens (tertiary/aromatic N) is 3. The van der Waals surface area contributed by atoms with Gasteiger partial charge in [-0.1, -0.05) is 171 Å². The first kappa shape index (κ1) is 49.9. The van der Waals surface area contributed by atoms with Gasteiger partial charge in [0.15, 0.2) is 0 Å². The lowest BCUT2D eigenvalue weighted by Gasteiger charge is -2.49. The zero-order chi connectivity index (χ0) is 53.2. The number of aryl methyl sites for hydroxylation is 1. The topological polar surface area (TPSA) is 9.72 Å². The van der Waals surface area contributed by atoms with Crippen LogP contribution in [0.5, 0.6) is 0 Å². The molecule has 7 aromatic rings. The number of hydrogen-bond donors (Lipinski definition) is 0. The van der Waals surface area contributed by atoms with Gasteiger partial charge in [-0.25, -0.2) is 0 Å². The molecule has 0 saturated carbocycles. The van der Waals surface area contributed by atoms with Crippen LogP contribution in [0, 0.1) is 6.92 Å². The molecule has 0 amide bonds. The summed E-state index contributed by atoms with van der Waals surface area (Å²) >= 11 is 0. The van der Waals surface area contributed by atoms with Crippen LogP contribution in [0.1, 0.15) is 187 Å². The van der Waals surface area contributed by atoms with Crippen LogP contribution in [0.3, 0.4) is 0 Å². The molecule has 0 N–H and O–H groups in total. The highest BCUT2D eigenvalue weighted by atomic mass is 15.2. The molecule has 5 aliphatic rings. The van der Waals surface area contributed by atoms with Crippen LogP contribution in [-0.4, -0.2) is 6.71 Å². The van der Waals surface area contributed by atoms with Crippen LogP contribution in [0.2, 0.25) is 0 Å². The van der Waals surface area contributed by atoms with Crippen LogP contribution < -0.4 is 31.1 Å². The summed E-state index contributed by atoms with van der Waals surface area (Å²) in [5, 5.41) is 0. The maximum absolute atomic E-state index is 2.73. The fourth-order valence-electron chi connectivity index (χ4n) is 14.4. The molecule has 4 heteroatoms. The number of fused-ring (bicyclic) bond motifs is 7. The molecule has 3 nitrogen and oxygen atoms in total. The van der Waals surface area contributed by atoms with Gasteiger partial charge in [0, 0.05) is 45.5 Å². The van der Waals surface area contributed by atoms with Crippen molar-refractivity contribution in [2.45, 2.75) is 187 Å². The zero-order valence-corrected chi connectivity index (χ0v) is 48.4. The lowest BCUT2D eigenvalue weighted by atomic mass is 9.33. The molecule has 7 aromatic carbocycles. The van der Waals surface area contributed by atoms with Crippen molar-refractivity contribution in [1.82, 2.24) is 0 Å². The van der Waals surface area contributed by atoms with Gasteiger partial charge in [-0.15, -0.1) is 0 Å².